The van der Waals surface area contributed by atoms with E-state index in [1.165, 1.54) is 0 Å². The van der Waals surface area contributed by atoms with Crippen LogP contribution >= 0.6 is 0 Å². The third kappa shape index (κ3) is 5.33. The number of nitrogens with one attached hydrogen (secondary N) is 2. The minimum absolute atomic E-state index is 0.236. The fourth-order valence-electron chi connectivity index (χ4n) is 3.02. The van der Waals surface area contributed by atoms with Crippen molar-refractivity contribution in [3.63, 3.8) is 0 Å². The predicted molar refractivity (Wildman–Crippen MR) is 118 cm³/mol. The summed E-state index contributed by atoms with van der Waals surface area (Å²) in [5, 5.41) is 5.67. The summed E-state index contributed by atoms with van der Waals surface area (Å²) in [4.78, 5) is 25.5. The zero-order chi connectivity index (χ0) is 22.2. The Balaban J connectivity index is 1.73. The van der Waals surface area contributed by atoms with Gasteiger partial charge in [-0.15, -0.1) is 0 Å². The molecular formula is C24H24N2O5. The highest BCUT2D eigenvalue weighted by Gasteiger charge is 2.15. The molecule has 2 N–H and O–H groups in total. The number of carbonyl (C=O) groups excluding carboxylic acids is 2. The number of carbonyl (C=O) groups is 2. The molecule has 0 spiro atoms. The van der Waals surface area contributed by atoms with Gasteiger partial charge in [-0.3, -0.25) is 9.59 Å². The van der Waals surface area contributed by atoms with Gasteiger partial charge in [0.15, 0.2) is 0 Å². The Kier molecular flexibility index (Phi) is 7.11. The summed E-state index contributed by atoms with van der Waals surface area (Å²) >= 11 is 0. The van der Waals surface area contributed by atoms with Crippen LogP contribution in [0.2, 0.25) is 0 Å². The minimum Gasteiger partial charge on any atom is -0.497 e. The average molecular weight is 420 g/mol. The largest absolute Gasteiger partial charge is 0.497 e. The quantitative estimate of drug-likeness (QED) is 0.577. The molecule has 3 rings (SSSR count). The topological polar surface area (TPSA) is 85.9 Å². The number of ether oxygens (including phenoxy) is 3. The number of hydrogen-bond donors (Lipinski definition) is 2. The van der Waals surface area contributed by atoms with Crippen molar-refractivity contribution in [3.8, 4) is 17.2 Å². The van der Waals surface area contributed by atoms with Crippen molar-refractivity contribution >= 4 is 17.5 Å². The first-order chi connectivity index (χ1) is 15.0. The predicted octanol–water partition coefficient (Wildman–Crippen LogP) is 3.89. The van der Waals surface area contributed by atoms with Gasteiger partial charge >= 0.3 is 0 Å². The fourth-order valence-corrected chi connectivity index (χ4v) is 3.02. The van der Waals surface area contributed by atoms with Gasteiger partial charge in [0.2, 0.25) is 0 Å². The summed E-state index contributed by atoms with van der Waals surface area (Å²) < 4.78 is 15.7. The van der Waals surface area contributed by atoms with E-state index in [1.807, 2.05) is 0 Å². The monoisotopic (exact) mass is 420 g/mol. The first-order valence-corrected chi connectivity index (χ1v) is 9.59. The summed E-state index contributed by atoms with van der Waals surface area (Å²) in [7, 11) is 4.70. The van der Waals surface area contributed by atoms with Gasteiger partial charge in [0, 0.05) is 17.7 Å². The Bertz CT molecular complexity index is 1060. The molecule has 0 saturated heterocycles. The Labute approximate surface area is 180 Å². The van der Waals surface area contributed by atoms with Gasteiger partial charge in [0.1, 0.15) is 17.2 Å². The normalized spacial score (nSPS) is 10.2. The van der Waals surface area contributed by atoms with E-state index in [2.05, 4.69) is 10.6 Å². The van der Waals surface area contributed by atoms with Gasteiger partial charge in [0.05, 0.1) is 32.6 Å². The van der Waals surface area contributed by atoms with Crippen molar-refractivity contribution in [1.29, 1.82) is 0 Å². The molecule has 3 aromatic rings. The Morgan fingerprint density at radius 3 is 2.13 bits per heavy atom. The van der Waals surface area contributed by atoms with Gasteiger partial charge in [-0.05, 0) is 54.6 Å². The summed E-state index contributed by atoms with van der Waals surface area (Å²) in [6.45, 7) is 0.236. The van der Waals surface area contributed by atoms with Gasteiger partial charge in [0.25, 0.3) is 11.8 Å². The highest BCUT2D eigenvalue weighted by molar-refractivity contribution is 6.09. The van der Waals surface area contributed by atoms with E-state index in [0.717, 1.165) is 5.56 Å². The van der Waals surface area contributed by atoms with Crippen LogP contribution in [0.1, 0.15) is 26.3 Å². The molecule has 2 amide bonds. The molecule has 7 heteroatoms. The number of para-hydroxylation sites is 1. The molecular weight excluding hydrogens is 396 g/mol. The van der Waals surface area contributed by atoms with Crippen molar-refractivity contribution < 1.29 is 23.8 Å². The van der Waals surface area contributed by atoms with Crippen LogP contribution in [0.5, 0.6) is 17.2 Å². The van der Waals surface area contributed by atoms with Gasteiger partial charge < -0.3 is 24.8 Å². The second kappa shape index (κ2) is 10.2. The fraction of sp³-hybridized carbons (Fsp3) is 0.167. The summed E-state index contributed by atoms with van der Waals surface area (Å²) in [6, 6.07) is 18.9. The maximum absolute atomic E-state index is 12.8. The minimum atomic E-state index is -0.324. The number of hydrogen-bond acceptors (Lipinski definition) is 5. The molecule has 0 aliphatic heterocycles. The Hall–Kier alpha value is -4.00. The highest BCUT2D eigenvalue weighted by Crippen LogP contribution is 2.24. The first kappa shape index (κ1) is 21.7. The van der Waals surface area contributed by atoms with E-state index < -0.39 is 0 Å². The lowest BCUT2D eigenvalue weighted by Gasteiger charge is -2.14. The molecule has 0 aliphatic carbocycles. The van der Waals surface area contributed by atoms with Crippen LogP contribution in [0.4, 0.5) is 5.69 Å². The number of rotatable bonds is 8. The molecule has 3 aromatic carbocycles. The van der Waals surface area contributed by atoms with Crippen molar-refractivity contribution in [3.05, 3.63) is 83.4 Å². The smallest absolute Gasteiger partial charge is 0.255 e. The summed E-state index contributed by atoms with van der Waals surface area (Å²) in [5.41, 5.74) is 2.00. The average Bonchev–Trinajstić information content (AvgIpc) is 2.82. The molecule has 31 heavy (non-hydrogen) atoms. The van der Waals surface area contributed by atoms with E-state index >= 15 is 0 Å². The zero-order valence-electron chi connectivity index (χ0n) is 17.6. The van der Waals surface area contributed by atoms with Crippen LogP contribution in [0.15, 0.2) is 66.7 Å². The van der Waals surface area contributed by atoms with E-state index in [0.29, 0.717) is 34.1 Å². The number of benzene rings is 3. The molecule has 160 valence electrons. The van der Waals surface area contributed by atoms with Crippen LogP contribution in [0, 0.1) is 0 Å². The van der Waals surface area contributed by atoms with Crippen LogP contribution in [-0.4, -0.2) is 33.1 Å². The molecule has 0 bridgehead atoms. The Morgan fingerprint density at radius 2 is 1.45 bits per heavy atom. The number of amides is 2. The second-order valence-corrected chi connectivity index (χ2v) is 6.59. The highest BCUT2D eigenvalue weighted by atomic mass is 16.5. The van der Waals surface area contributed by atoms with E-state index in [1.54, 1.807) is 88.1 Å². The molecule has 0 unspecified atom stereocenters. The summed E-state index contributed by atoms with van der Waals surface area (Å²) in [6.07, 6.45) is 0. The molecule has 0 heterocycles. The van der Waals surface area contributed by atoms with Gasteiger partial charge in [-0.25, -0.2) is 0 Å². The lowest BCUT2D eigenvalue weighted by atomic mass is 10.1. The Morgan fingerprint density at radius 1 is 0.774 bits per heavy atom. The molecule has 0 atom stereocenters. The number of anilines is 1. The van der Waals surface area contributed by atoms with Gasteiger partial charge in [-0.2, -0.15) is 0 Å². The van der Waals surface area contributed by atoms with Crippen molar-refractivity contribution in [2.75, 3.05) is 26.6 Å². The van der Waals surface area contributed by atoms with Crippen molar-refractivity contribution in [2.45, 2.75) is 6.54 Å². The van der Waals surface area contributed by atoms with Crippen LogP contribution in [0.3, 0.4) is 0 Å². The SMILES string of the molecule is COc1ccc(C(=O)Nc2ccccc2C(=O)NCc2cc(OC)ccc2OC)cc1. The van der Waals surface area contributed by atoms with E-state index in [9.17, 15) is 9.59 Å². The molecule has 0 fully saturated rings. The molecule has 0 saturated carbocycles. The van der Waals surface area contributed by atoms with Crippen molar-refractivity contribution in [2.24, 2.45) is 0 Å². The third-order valence-corrected chi connectivity index (χ3v) is 4.70. The van der Waals surface area contributed by atoms with Crippen LogP contribution < -0.4 is 24.8 Å². The first-order valence-electron chi connectivity index (χ1n) is 9.59. The number of methoxy groups -OCH3 is 3. The third-order valence-electron chi connectivity index (χ3n) is 4.70. The zero-order valence-corrected chi connectivity index (χ0v) is 17.6. The molecule has 7 nitrogen and oxygen atoms in total. The van der Waals surface area contributed by atoms with E-state index in [-0.39, 0.29) is 18.4 Å². The lowest BCUT2D eigenvalue weighted by Crippen LogP contribution is -2.25. The standard InChI is InChI=1S/C24H24N2O5/c1-29-18-10-8-16(9-11-18)23(27)26-21-7-5-4-6-20(21)24(28)25-15-17-14-19(30-2)12-13-22(17)31-3/h4-14H,15H2,1-3H3,(H,25,28)(H,26,27). The van der Waals surface area contributed by atoms with Gasteiger partial charge in [-0.1, -0.05) is 12.1 Å². The second-order valence-electron chi connectivity index (χ2n) is 6.59. The summed E-state index contributed by atoms with van der Waals surface area (Å²) in [5.74, 6) is 1.32. The van der Waals surface area contributed by atoms with Crippen molar-refractivity contribution in [1.82, 2.24) is 5.32 Å². The van der Waals surface area contributed by atoms with E-state index in [4.69, 9.17) is 14.2 Å². The van der Waals surface area contributed by atoms with Crippen LogP contribution in [-0.2, 0) is 6.54 Å². The molecule has 0 aromatic heterocycles. The molecule has 0 radical (unpaired) electrons. The molecule has 0 aliphatic rings. The lowest BCUT2D eigenvalue weighted by molar-refractivity contribution is 0.0951. The van der Waals surface area contributed by atoms with Crippen LogP contribution in [0.25, 0.3) is 0 Å². The maximum atomic E-state index is 12.8. The maximum Gasteiger partial charge on any atom is 0.255 e.